The van der Waals surface area contributed by atoms with Gasteiger partial charge in [0.15, 0.2) is 0 Å². The van der Waals surface area contributed by atoms with E-state index in [-0.39, 0.29) is 5.56 Å². The Morgan fingerprint density at radius 2 is 1.87 bits per heavy atom. The summed E-state index contributed by atoms with van der Waals surface area (Å²) in [5.74, 6) is 0. The molecule has 0 amide bonds. The molecule has 0 spiro atoms. The van der Waals surface area contributed by atoms with Crippen LogP contribution in [-0.2, 0) is 18.0 Å². The average molecular weight is 281 g/mol. The number of ether oxygens (including phenoxy) is 1. The lowest BCUT2D eigenvalue weighted by molar-refractivity contribution is -0.128. The van der Waals surface area contributed by atoms with Crippen LogP contribution >= 0.6 is 15.9 Å². The first-order chi connectivity index (χ1) is 6.98. The molecule has 82 valence electrons. The number of hydrogen-bond acceptors (Lipinski definition) is 1. The zero-order valence-electron chi connectivity index (χ0n) is 7.64. The van der Waals surface area contributed by atoms with Gasteiger partial charge in [0.2, 0.25) is 0 Å². The lowest BCUT2D eigenvalue weighted by Gasteiger charge is -2.14. The first-order valence-electron chi connectivity index (χ1n) is 4.39. The average Bonchev–Trinajstić information content (AvgIpc) is 2.61. The van der Waals surface area contributed by atoms with Gasteiger partial charge in [-0.15, -0.1) is 0 Å². The summed E-state index contributed by atoms with van der Waals surface area (Å²) in [5.41, 5.74) is 2.05. The summed E-state index contributed by atoms with van der Waals surface area (Å²) in [6.45, 7) is 0.898. The van der Waals surface area contributed by atoms with Gasteiger partial charge in [0.05, 0.1) is 13.2 Å². The maximum atomic E-state index is 12.4. The monoisotopic (exact) mass is 280 g/mol. The molecule has 1 aromatic rings. The van der Waals surface area contributed by atoms with Gasteiger partial charge in [-0.2, -0.15) is 13.2 Å². The van der Waals surface area contributed by atoms with Crippen molar-refractivity contribution in [3.8, 4) is 0 Å². The maximum Gasteiger partial charge on any atom is 0.405 e. The molecule has 15 heavy (non-hydrogen) atoms. The van der Waals surface area contributed by atoms with Gasteiger partial charge in [0.1, 0.15) is 4.83 Å². The molecule has 0 aliphatic carbocycles. The van der Waals surface area contributed by atoms with Crippen molar-refractivity contribution in [2.24, 2.45) is 0 Å². The van der Waals surface area contributed by atoms with E-state index < -0.39 is 11.0 Å². The van der Waals surface area contributed by atoms with Gasteiger partial charge in [-0.05, 0) is 16.7 Å². The molecule has 2 rings (SSSR count). The molecule has 1 aliphatic heterocycles. The van der Waals surface area contributed by atoms with Crippen molar-refractivity contribution in [2.45, 2.75) is 24.2 Å². The standard InChI is InChI=1S/C10H8BrF3O/c11-9(10(12,13)14)6-1-2-7-4-15-5-8(7)3-6/h1-3,9H,4-5H2. The number of fused-ring (bicyclic) bond motifs is 1. The zero-order chi connectivity index (χ0) is 11.1. The SMILES string of the molecule is FC(F)(F)C(Br)c1ccc2c(c1)COC2. The fourth-order valence-electron chi connectivity index (χ4n) is 1.54. The lowest BCUT2D eigenvalue weighted by Crippen LogP contribution is -2.15. The second-order valence-corrected chi connectivity index (χ2v) is 4.34. The molecule has 1 nitrogen and oxygen atoms in total. The van der Waals surface area contributed by atoms with Crippen LogP contribution in [0.4, 0.5) is 13.2 Å². The van der Waals surface area contributed by atoms with Gasteiger partial charge in [-0.3, -0.25) is 0 Å². The van der Waals surface area contributed by atoms with Crippen LogP contribution in [0.1, 0.15) is 21.5 Å². The number of alkyl halides is 4. The van der Waals surface area contributed by atoms with Gasteiger partial charge in [0, 0.05) is 0 Å². The highest BCUT2D eigenvalue weighted by atomic mass is 79.9. The molecule has 0 N–H and O–H groups in total. The van der Waals surface area contributed by atoms with Crippen molar-refractivity contribution in [3.05, 3.63) is 34.9 Å². The summed E-state index contributed by atoms with van der Waals surface area (Å²) in [6, 6.07) is 4.73. The first-order valence-corrected chi connectivity index (χ1v) is 5.30. The minimum atomic E-state index is -4.26. The second-order valence-electron chi connectivity index (χ2n) is 3.43. The van der Waals surface area contributed by atoms with E-state index >= 15 is 0 Å². The Morgan fingerprint density at radius 1 is 1.20 bits per heavy atom. The van der Waals surface area contributed by atoms with Crippen molar-refractivity contribution in [2.75, 3.05) is 0 Å². The Morgan fingerprint density at radius 3 is 2.53 bits per heavy atom. The first kappa shape index (κ1) is 11.0. The number of benzene rings is 1. The molecule has 0 aromatic heterocycles. The molecule has 0 saturated carbocycles. The minimum absolute atomic E-state index is 0.228. The van der Waals surface area contributed by atoms with Crippen LogP contribution in [0, 0.1) is 0 Å². The molecular weight excluding hydrogens is 273 g/mol. The maximum absolute atomic E-state index is 12.4. The Bertz CT molecular complexity index is 375. The Kier molecular flexibility index (Phi) is 2.77. The minimum Gasteiger partial charge on any atom is -0.372 e. The lowest BCUT2D eigenvalue weighted by atomic mass is 10.0. The molecule has 1 atom stereocenters. The molecule has 1 aliphatic rings. The van der Waals surface area contributed by atoms with Crippen molar-refractivity contribution in [1.82, 2.24) is 0 Å². The number of hydrogen-bond donors (Lipinski definition) is 0. The summed E-state index contributed by atoms with van der Waals surface area (Å²) in [6.07, 6.45) is -4.26. The molecule has 0 radical (unpaired) electrons. The Balaban J connectivity index is 2.31. The van der Waals surface area contributed by atoms with Crippen molar-refractivity contribution < 1.29 is 17.9 Å². The number of halogens is 4. The number of rotatable bonds is 1. The summed E-state index contributed by atoms with van der Waals surface area (Å²) in [7, 11) is 0. The smallest absolute Gasteiger partial charge is 0.372 e. The van der Waals surface area contributed by atoms with Gasteiger partial charge in [0.25, 0.3) is 0 Å². The van der Waals surface area contributed by atoms with Crippen LogP contribution < -0.4 is 0 Å². The summed E-state index contributed by atoms with van der Waals surface area (Å²) in [5, 5.41) is 0. The second kappa shape index (κ2) is 3.79. The van der Waals surface area contributed by atoms with E-state index in [1.807, 2.05) is 0 Å². The highest BCUT2D eigenvalue weighted by molar-refractivity contribution is 9.09. The van der Waals surface area contributed by atoms with E-state index in [0.29, 0.717) is 13.2 Å². The molecule has 5 heteroatoms. The zero-order valence-corrected chi connectivity index (χ0v) is 9.23. The van der Waals surface area contributed by atoms with Crippen LogP contribution in [0.15, 0.2) is 18.2 Å². The third-order valence-electron chi connectivity index (χ3n) is 2.33. The predicted octanol–water partition coefficient (Wildman–Crippen LogP) is 3.72. The van der Waals surface area contributed by atoms with E-state index in [0.717, 1.165) is 11.1 Å². The summed E-state index contributed by atoms with van der Waals surface area (Å²) >= 11 is 2.65. The molecule has 0 fully saturated rings. The van der Waals surface area contributed by atoms with E-state index in [9.17, 15) is 13.2 Å². The quantitative estimate of drug-likeness (QED) is 0.713. The van der Waals surface area contributed by atoms with Crippen LogP contribution in [0.25, 0.3) is 0 Å². The molecule has 0 saturated heterocycles. The normalized spacial score (nSPS) is 17.6. The molecule has 1 heterocycles. The van der Waals surface area contributed by atoms with Crippen LogP contribution in [0.3, 0.4) is 0 Å². The van der Waals surface area contributed by atoms with Crippen molar-refractivity contribution >= 4 is 15.9 Å². The third-order valence-corrected chi connectivity index (χ3v) is 3.37. The third kappa shape index (κ3) is 2.18. The van der Waals surface area contributed by atoms with Crippen molar-refractivity contribution in [1.29, 1.82) is 0 Å². The van der Waals surface area contributed by atoms with Crippen LogP contribution in [-0.4, -0.2) is 6.18 Å². The van der Waals surface area contributed by atoms with E-state index in [1.54, 1.807) is 12.1 Å². The summed E-state index contributed by atoms with van der Waals surface area (Å²) in [4.78, 5) is -1.60. The van der Waals surface area contributed by atoms with Gasteiger partial charge >= 0.3 is 6.18 Å². The highest BCUT2D eigenvalue weighted by Gasteiger charge is 2.39. The van der Waals surface area contributed by atoms with Crippen LogP contribution in [0.5, 0.6) is 0 Å². The Hall–Kier alpha value is -0.550. The van der Waals surface area contributed by atoms with E-state index in [2.05, 4.69) is 15.9 Å². The van der Waals surface area contributed by atoms with Crippen LogP contribution in [0.2, 0.25) is 0 Å². The van der Waals surface area contributed by atoms with Crippen molar-refractivity contribution in [3.63, 3.8) is 0 Å². The fourth-order valence-corrected chi connectivity index (χ4v) is 1.82. The highest BCUT2D eigenvalue weighted by Crippen LogP contribution is 2.40. The van der Waals surface area contributed by atoms with Gasteiger partial charge in [-0.25, -0.2) is 0 Å². The molecular formula is C10H8BrF3O. The van der Waals surface area contributed by atoms with E-state index in [1.165, 1.54) is 6.07 Å². The summed E-state index contributed by atoms with van der Waals surface area (Å²) < 4.78 is 42.4. The molecule has 1 aromatic carbocycles. The predicted molar refractivity (Wildman–Crippen MR) is 52.7 cm³/mol. The molecule has 1 unspecified atom stereocenters. The van der Waals surface area contributed by atoms with Gasteiger partial charge in [-0.1, -0.05) is 34.1 Å². The van der Waals surface area contributed by atoms with E-state index in [4.69, 9.17) is 4.74 Å². The Labute approximate surface area is 93.4 Å². The van der Waals surface area contributed by atoms with Gasteiger partial charge < -0.3 is 4.74 Å². The molecule has 0 bridgehead atoms. The largest absolute Gasteiger partial charge is 0.405 e. The topological polar surface area (TPSA) is 9.23 Å². The fraction of sp³-hybridized carbons (Fsp3) is 0.400.